The fourth-order valence-electron chi connectivity index (χ4n) is 2.45. The van der Waals surface area contributed by atoms with Crippen molar-refractivity contribution in [3.63, 3.8) is 0 Å². The van der Waals surface area contributed by atoms with Crippen LogP contribution in [0.3, 0.4) is 0 Å². The van der Waals surface area contributed by atoms with Gasteiger partial charge in [0, 0.05) is 11.3 Å². The van der Waals surface area contributed by atoms with Crippen LogP contribution in [0, 0.1) is 13.8 Å². The molecule has 116 valence electrons. The molecule has 1 aliphatic rings. The van der Waals surface area contributed by atoms with Crippen molar-refractivity contribution in [1.29, 1.82) is 0 Å². The van der Waals surface area contributed by atoms with Crippen molar-refractivity contribution in [1.82, 2.24) is 10.3 Å². The fraction of sp³-hybridized carbons (Fsp3) is 0.312. The highest BCUT2D eigenvalue weighted by atomic mass is 32.2. The average molecular weight is 333 g/mol. The lowest BCUT2D eigenvalue weighted by molar-refractivity contribution is 0.412. The summed E-state index contributed by atoms with van der Waals surface area (Å²) in [5, 5.41) is 9.30. The van der Waals surface area contributed by atoms with Gasteiger partial charge in [-0.3, -0.25) is 0 Å². The van der Waals surface area contributed by atoms with E-state index in [1.807, 2.05) is 24.6 Å². The molecule has 0 saturated heterocycles. The van der Waals surface area contributed by atoms with Crippen molar-refractivity contribution in [2.24, 2.45) is 0 Å². The second kappa shape index (κ2) is 5.85. The third-order valence-corrected chi connectivity index (χ3v) is 5.64. The third-order valence-electron chi connectivity index (χ3n) is 3.65. The monoisotopic (exact) mass is 333 g/mol. The van der Waals surface area contributed by atoms with Gasteiger partial charge in [-0.2, -0.15) is 0 Å². The number of nitrogens with zero attached hydrogens (tertiary/aromatic N) is 1. The Morgan fingerprint density at radius 2 is 2.14 bits per heavy atom. The highest BCUT2D eigenvalue weighted by Gasteiger charge is 2.31. The molecule has 0 bridgehead atoms. The summed E-state index contributed by atoms with van der Waals surface area (Å²) in [7, 11) is 1.70. The number of aryl methyl sites for hydroxylation is 1. The number of nitrogens with one attached hydrogen (secondary N) is 2. The zero-order valence-electron chi connectivity index (χ0n) is 13.1. The number of hydrogen-bond acceptors (Lipinski definition) is 6. The summed E-state index contributed by atoms with van der Waals surface area (Å²) >= 11 is 3.39. The molecule has 0 radical (unpaired) electrons. The number of anilines is 1. The number of ether oxygens (including phenoxy) is 1. The van der Waals surface area contributed by atoms with Crippen molar-refractivity contribution in [3.8, 4) is 5.75 Å². The molecule has 0 spiro atoms. The quantitative estimate of drug-likeness (QED) is 0.878. The molecular weight excluding hydrogens is 314 g/mol. The van der Waals surface area contributed by atoms with E-state index in [9.17, 15) is 0 Å². The second-order valence-corrected chi connectivity index (χ2v) is 7.48. The summed E-state index contributed by atoms with van der Waals surface area (Å²) in [4.78, 5) is 5.23. The lowest BCUT2D eigenvalue weighted by Gasteiger charge is -2.29. The molecule has 1 aromatic heterocycles. The molecule has 0 amide bonds. The van der Waals surface area contributed by atoms with Gasteiger partial charge in [0.05, 0.1) is 28.9 Å². The van der Waals surface area contributed by atoms with Crippen molar-refractivity contribution in [2.45, 2.75) is 25.8 Å². The van der Waals surface area contributed by atoms with E-state index in [2.05, 4.69) is 40.9 Å². The van der Waals surface area contributed by atoms with Gasteiger partial charge in [0.1, 0.15) is 5.75 Å². The summed E-state index contributed by atoms with van der Waals surface area (Å²) in [5.41, 5.74) is 6.24. The zero-order valence-corrected chi connectivity index (χ0v) is 14.7. The number of rotatable bonds is 4. The number of benzene rings is 1. The molecule has 0 fully saturated rings. The van der Waals surface area contributed by atoms with Gasteiger partial charge in [0.2, 0.25) is 0 Å². The van der Waals surface area contributed by atoms with Crippen LogP contribution in [0.15, 0.2) is 29.1 Å². The van der Waals surface area contributed by atoms with Gasteiger partial charge < -0.3 is 15.4 Å². The van der Waals surface area contributed by atoms with E-state index in [4.69, 9.17) is 4.74 Å². The minimum Gasteiger partial charge on any atom is -0.496 e. The van der Waals surface area contributed by atoms with Crippen molar-refractivity contribution >= 4 is 34.5 Å². The molecule has 1 unspecified atom stereocenters. The summed E-state index contributed by atoms with van der Waals surface area (Å²) < 4.78 is 5.39. The van der Waals surface area contributed by atoms with E-state index >= 15 is 0 Å². The van der Waals surface area contributed by atoms with Crippen LogP contribution in [0.25, 0.3) is 5.70 Å². The highest BCUT2D eigenvalue weighted by Crippen LogP contribution is 2.39. The Morgan fingerprint density at radius 1 is 1.32 bits per heavy atom. The molecule has 1 atom stereocenters. The Labute approximate surface area is 139 Å². The number of aromatic nitrogens is 1. The standard InChI is InChI=1S/C16H19N3OS2/c1-10-12(6-5-7-14(10)20-4)18-16(3)19-13(8-22-16)15-11(2)17-9-21-15/h5-9,18-19H,1-4H3. The minimum absolute atomic E-state index is 0.289. The number of thioether (sulfide) groups is 1. The summed E-state index contributed by atoms with van der Waals surface area (Å²) in [6, 6.07) is 6.04. The lowest BCUT2D eigenvalue weighted by Crippen LogP contribution is -2.42. The predicted octanol–water partition coefficient (Wildman–Crippen LogP) is 4.19. The van der Waals surface area contributed by atoms with Gasteiger partial charge in [-0.25, -0.2) is 4.98 Å². The van der Waals surface area contributed by atoms with E-state index in [1.165, 1.54) is 4.88 Å². The van der Waals surface area contributed by atoms with Gasteiger partial charge in [0.15, 0.2) is 4.99 Å². The van der Waals surface area contributed by atoms with Crippen LogP contribution in [0.5, 0.6) is 5.75 Å². The highest BCUT2D eigenvalue weighted by molar-refractivity contribution is 8.04. The van der Waals surface area contributed by atoms with E-state index in [1.54, 1.807) is 30.2 Å². The molecule has 0 saturated carbocycles. The molecule has 4 nitrogen and oxygen atoms in total. The molecule has 22 heavy (non-hydrogen) atoms. The average Bonchev–Trinajstić information content (AvgIpc) is 3.07. The van der Waals surface area contributed by atoms with Crippen LogP contribution in [0.2, 0.25) is 0 Å². The Morgan fingerprint density at radius 3 is 2.82 bits per heavy atom. The minimum atomic E-state index is -0.289. The van der Waals surface area contributed by atoms with Crippen molar-refractivity contribution < 1.29 is 4.74 Å². The Kier molecular flexibility index (Phi) is 4.06. The van der Waals surface area contributed by atoms with E-state index < -0.39 is 0 Å². The first-order valence-electron chi connectivity index (χ1n) is 7.01. The second-order valence-electron chi connectivity index (χ2n) is 5.33. The number of thiazole rings is 1. The van der Waals surface area contributed by atoms with E-state index in [-0.39, 0.29) is 4.99 Å². The Balaban J connectivity index is 1.79. The van der Waals surface area contributed by atoms with Gasteiger partial charge in [-0.15, -0.1) is 11.3 Å². The van der Waals surface area contributed by atoms with E-state index in [0.717, 1.165) is 28.4 Å². The molecule has 6 heteroatoms. The molecule has 1 aromatic carbocycles. The molecule has 2 aromatic rings. The summed E-state index contributed by atoms with van der Waals surface area (Å²) in [6.45, 7) is 6.23. The van der Waals surface area contributed by atoms with E-state index in [0.29, 0.717) is 0 Å². The zero-order chi connectivity index (χ0) is 15.7. The number of hydrogen-bond donors (Lipinski definition) is 2. The van der Waals surface area contributed by atoms with Crippen LogP contribution < -0.4 is 15.4 Å². The molecule has 1 aliphatic heterocycles. The Hall–Kier alpha value is -1.66. The first-order chi connectivity index (χ1) is 10.5. The molecule has 0 aliphatic carbocycles. The fourth-order valence-corrected chi connectivity index (χ4v) is 4.17. The third kappa shape index (κ3) is 2.80. The van der Waals surface area contributed by atoms with Crippen LogP contribution in [0.4, 0.5) is 5.69 Å². The summed E-state index contributed by atoms with van der Waals surface area (Å²) in [5.74, 6) is 0.892. The maximum atomic E-state index is 5.39. The molecule has 2 heterocycles. The Bertz CT molecular complexity index is 726. The first-order valence-corrected chi connectivity index (χ1v) is 8.77. The molecular formula is C16H19N3OS2. The molecule has 2 N–H and O–H groups in total. The smallest absolute Gasteiger partial charge is 0.158 e. The molecule has 3 rings (SSSR count). The number of methoxy groups -OCH3 is 1. The topological polar surface area (TPSA) is 46.2 Å². The van der Waals surface area contributed by atoms with Gasteiger partial charge in [-0.1, -0.05) is 17.8 Å². The maximum absolute atomic E-state index is 5.39. The van der Waals surface area contributed by atoms with Gasteiger partial charge >= 0.3 is 0 Å². The maximum Gasteiger partial charge on any atom is 0.158 e. The van der Waals surface area contributed by atoms with Crippen LogP contribution in [-0.2, 0) is 0 Å². The van der Waals surface area contributed by atoms with Crippen molar-refractivity contribution in [2.75, 3.05) is 12.4 Å². The summed E-state index contributed by atoms with van der Waals surface area (Å²) in [6.07, 6.45) is 0. The van der Waals surface area contributed by atoms with Crippen LogP contribution >= 0.6 is 23.1 Å². The SMILES string of the molecule is COc1cccc(NC2(C)NC(c3scnc3C)=CS2)c1C. The van der Waals surface area contributed by atoms with Crippen molar-refractivity contribution in [3.05, 3.63) is 45.3 Å². The van der Waals surface area contributed by atoms with Crippen LogP contribution in [0.1, 0.15) is 23.1 Å². The lowest BCUT2D eigenvalue weighted by atomic mass is 10.1. The normalized spacial score (nSPS) is 20.5. The van der Waals surface area contributed by atoms with Gasteiger partial charge in [0.25, 0.3) is 0 Å². The largest absolute Gasteiger partial charge is 0.496 e. The van der Waals surface area contributed by atoms with Gasteiger partial charge in [-0.05, 0) is 38.3 Å². The predicted molar refractivity (Wildman–Crippen MR) is 95.3 cm³/mol. The van der Waals surface area contributed by atoms with Crippen LogP contribution in [-0.4, -0.2) is 17.1 Å². The first kappa shape index (κ1) is 15.2.